The highest BCUT2D eigenvalue weighted by Gasteiger charge is 2.33. The minimum atomic E-state index is -3.87. The SMILES string of the molecule is O=S(=O)(c1ccc(Br)cc1)c1nc(-c2cccs2)oc1N1CCN(c2cccc(Cl)c2)CC1. The maximum Gasteiger partial charge on any atom is 0.240 e. The fourth-order valence-electron chi connectivity index (χ4n) is 3.74. The largest absolute Gasteiger partial charge is 0.418 e. The van der Waals surface area contributed by atoms with Crippen molar-refractivity contribution in [1.29, 1.82) is 0 Å². The van der Waals surface area contributed by atoms with Crippen LogP contribution in [-0.4, -0.2) is 39.6 Å². The van der Waals surface area contributed by atoms with Crippen LogP contribution in [-0.2, 0) is 9.84 Å². The molecule has 0 unspecified atom stereocenters. The Morgan fingerprint density at radius 3 is 2.36 bits per heavy atom. The number of thiophene rings is 1. The number of halogens is 2. The van der Waals surface area contributed by atoms with Gasteiger partial charge in [0, 0.05) is 41.4 Å². The first-order chi connectivity index (χ1) is 15.9. The van der Waals surface area contributed by atoms with Crippen molar-refractivity contribution in [1.82, 2.24) is 4.98 Å². The van der Waals surface area contributed by atoms with Gasteiger partial charge in [-0.05, 0) is 53.9 Å². The van der Waals surface area contributed by atoms with Crippen LogP contribution in [0.2, 0.25) is 5.02 Å². The Bertz CT molecular complexity index is 1360. The first kappa shape index (κ1) is 22.5. The number of aromatic nitrogens is 1. The number of benzene rings is 2. The fraction of sp³-hybridized carbons (Fsp3) is 0.174. The lowest BCUT2D eigenvalue weighted by Gasteiger charge is -2.36. The zero-order chi connectivity index (χ0) is 23.0. The fourth-order valence-corrected chi connectivity index (χ4v) is 6.16. The van der Waals surface area contributed by atoms with Crippen LogP contribution in [0.3, 0.4) is 0 Å². The molecular weight excluding hydrogens is 546 g/mol. The normalized spacial score (nSPS) is 14.6. The molecule has 0 amide bonds. The van der Waals surface area contributed by atoms with Crippen molar-refractivity contribution >= 4 is 60.3 Å². The van der Waals surface area contributed by atoms with E-state index in [9.17, 15) is 8.42 Å². The van der Waals surface area contributed by atoms with Gasteiger partial charge < -0.3 is 14.2 Å². The number of nitrogens with zero attached hydrogens (tertiary/aromatic N) is 3. The highest BCUT2D eigenvalue weighted by Crippen LogP contribution is 2.37. The van der Waals surface area contributed by atoms with Gasteiger partial charge in [0.05, 0.1) is 9.77 Å². The van der Waals surface area contributed by atoms with E-state index in [0.717, 1.165) is 15.0 Å². The Kier molecular flexibility index (Phi) is 6.22. The number of sulfone groups is 1. The van der Waals surface area contributed by atoms with Crippen LogP contribution >= 0.6 is 38.9 Å². The molecule has 5 rings (SSSR count). The van der Waals surface area contributed by atoms with Crippen LogP contribution in [0.15, 0.2) is 84.9 Å². The van der Waals surface area contributed by atoms with Gasteiger partial charge in [-0.25, -0.2) is 8.42 Å². The molecule has 0 spiro atoms. The zero-order valence-corrected chi connectivity index (χ0v) is 21.3. The smallest absolute Gasteiger partial charge is 0.240 e. The van der Waals surface area contributed by atoms with Gasteiger partial charge in [0.2, 0.25) is 26.6 Å². The van der Waals surface area contributed by atoms with Gasteiger partial charge >= 0.3 is 0 Å². The molecule has 1 saturated heterocycles. The van der Waals surface area contributed by atoms with Crippen LogP contribution in [0.4, 0.5) is 11.6 Å². The minimum Gasteiger partial charge on any atom is -0.418 e. The van der Waals surface area contributed by atoms with Gasteiger partial charge in [-0.15, -0.1) is 11.3 Å². The second kappa shape index (κ2) is 9.13. The Morgan fingerprint density at radius 1 is 0.970 bits per heavy atom. The van der Waals surface area contributed by atoms with E-state index >= 15 is 0 Å². The molecule has 0 saturated carbocycles. The van der Waals surface area contributed by atoms with Crippen molar-refractivity contribution in [2.75, 3.05) is 36.0 Å². The van der Waals surface area contributed by atoms with E-state index in [1.54, 1.807) is 24.3 Å². The van der Waals surface area contributed by atoms with Gasteiger partial charge in [-0.2, -0.15) is 4.98 Å². The quantitative estimate of drug-likeness (QED) is 0.297. The van der Waals surface area contributed by atoms with Crippen molar-refractivity contribution in [2.24, 2.45) is 0 Å². The summed E-state index contributed by atoms with van der Waals surface area (Å²) in [6.07, 6.45) is 0. The molecular formula is C23H19BrClN3O3S2. The number of oxazole rings is 1. The van der Waals surface area contributed by atoms with Crippen LogP contribution in [0.25, 0.3) is 10.8 Å². The third-order valence-corrected chi connectivity index (χ3v) is 8.72. The molecule has 10 heteroatoms. The summed E-state index contributed by atoms with van der Waals surface area (Å²) >= 11 is 11.0. The zero-order valence-electron chi connectivity index (χ0n) is 17.3. The molecule has 170 valence electrons. The summed E-state index contributed by atoms with van der Waals surface area (Å²) < 4.78 is 33.9. The molecule has 0 bridgehead atoms. The summed E-state index contributed by atoms with van der Waals surface area (Å²) in [7, 11) is -3.87. The first-order valence-electron chi connectivity index (χ1n) is 10.2. The van der Waals surface area contributed by atoms with E-state index in [0.29, 0.717) is 37.1 Å². The van der Waals surface area contributed by atoms with Crippen LogP contribution in [0.1, 0.15) is 0 Å². The van der Waals surface area contributed by atoms with Crippen molar-refractivity contribution in [3.05, 3.63) is 75.5 Å². The summed E-state index contributed by atoms with van der Waals surface area (Å²) in [5.74, 6) is 0.597. The van der Waals surface area contributed by atoms with Gasteiger partial charge in [-0.1, -0.05) is 39.7 Å². The molecule has 1 aliphatic heterocycles. The number of hydrogen-bond donors (Lipinski definition) is 0. The lowest BCUT2D eigenvalue weighted by Crippen LogP contribution is -2.46. The van der Waals surface area contributed by atoms with E-state index in [-0.39, 0.29) is 15.8 Å². The van der Waals surface area contributed by atoms with Gasteiger partial charge in [0.25, 0.3) is 0 Å². The monoisotopic (exact) mass is 563 g/mol. The second-order valence-electron chi connectivity index (χ2n) is 7.52. The molecule has 6 nitrogen and oxygen atoms in total. The molecule has 0 N–H and O–H groups in total. The topological polar surface area (TPSA) is 66.7 Å². The minimum absolute atomic E-state index is 0.0515. The number of anilines is 2. The average molecular weight is 565 g/mol. The Balaban J connectivity index is 1.49. The molecule has 1 fully saturated rings. The summed E-state index contributed by atoms with van der Waals surface area (Å²) in [6.45, 7) is 2.59. The maximum atomic E-state index is 13.5. The summed E-state index contributed by atoms with van der Waals surface area (Å²) in [5.41, 5.74) is 1.04. The van der Waals surface area contributed by atoms with E-state index in [2.05, 4.69) is 25.8 Å². The van der Waals surface area contributed by atoms with Gasteiger partial charge in [-0.3, -0.25) is 0 Å². The van der Waals surface area contributed by atoms with E-state index in [1.165, 1.54) is 11.3 Å². The molecule has 2 aromatic heterocycles. The molecule has 3 heterocycles. The predicted molar refractivity (Wildman–Crippen MR) is 135 cm³/mol. The third-order valence-electron chi connectivity index (χ3n) is 5.43. The highest BCUT2D eigenvalue weighted by molar-refractivity contribution is 9.10. The van der Waals surface area contributed by atoms with Gasteiger partial charge in [0.1, 0.15) is 0 Å². The van der Waals surface area contributed by atoms with Crippen molar-refractivity contribution in [2.45, 2.75) is 9.92 Å². The Hall–Kier alpha value is -2.33. The summed E-state index contributed by atoms with van der Waals surface area (Å²) in [6, 6.07) is 18.0. The van der Waals surface area contributed by atoms with Crippen LogP contribution in [0, 0.1) is 0 Å². The van der Waals surface area contributed by atoms with E-state index in [4.69, 9.17) is 16.0 Å². The number of hydrogen-bond acceptors (Lipinski definition) is 7. The molecule has 4 aromatic rings. The van der Waals surface area contributed by atoms with Gasteiger partial charge in [0.15, 0.2) is 0 Å². The van der Waals surface area contributed by atoms with Crippen LogP contribution in [0.5, 0.6) is 0 Å². The average Bonchev–Trinajstić information content (AvgIpc) is 3.50. The predicted octanol–water partition coefficient (Wildman–Crippen LogP) is 5.98. The molecule has 33 heavy (non-hydrogen) atoms. The van der Waals surface area contributed by atoms with Crippen molar-refractivity contribution < 1.29 is 12.8 Å². The second-order valence-corrected chi connectivity index (χ2v) is 11.7. The van der Waals surface area contributed by atoms with Crippen LogP contribution < -0.4 is 9.80 Å². The lowest BCUT2D eigenvalue weighted by atomic mass is 10.2. The standard InChI is InChI=1S/C23H19BrClN3O3S2/c24-16-6-8-19(9-7-16)33(29,30)22-23(31-21(26-22)20-5-2-14-32-20)28-12-10-27(11-13-28)18-4-1-3-17(25)15-18/h1-9,14-15H,10-13H2. The van der Waals surface area contributed by atoms with Crippen molar-refractivity contribution in [3.63, 3.8) is 0 Å². The molecule has 2 aromatic carbocycles. The summed E-state index contributed by atoms with van der Waals surface area (Å²) in [5, 5.41) is 2.55. The summed E-state index contributed by atoms with van der Waals surface area (Å²) in [4.78, 5) is 9.60. The van der Waals surface area contributed by atoms with E-state index < -0.39 is 9.84 Å². The number of rotatable bonds is 5. The van der Waals surface area contributed by atoms with Crippen molar-refractivity contribution in [3.8, 4) is 10.8 Å². The van der Waals surface area contributed by atoms with E-state index in [1.807, 2.05) is 46.7 Å². The third kappa shape index (κ3) is 4.55. The number of piperazine rings is 1. The molecule has 0 atom stereocenters. The Morgan fingerprint density at radius 2 is 1.70 bits per heavy atom. The maximum absolute atomic E-state index is 13.5. The highest BCUT2D eigenvalue weighted by atomic mass is 79.9. The molecule has 1 aliphatic rings. The lowest BCUT2D eigenvalue weighted by molar-refractivity contribution is 0.526. The first-order valence-corrected chi connectivity index (χ1v) is 13.8. The molecule has 0 aliphatic carbocycles. The Labute approximate surface area is 209 Å². The molecule has 0 radical (unpaired) electrons.